The van der Waals surface area contributed by atoms with Crippen molar-refractivity contribution in [3.05, 3.63) is 11.6 Å². The third-order valence-corrected chi connectivity index (χ3v) is 13.1. The minimum Gasteiger partial charge on any atom is -0.395 e. The van der Waals surface area contributed by atoms with E-state index in [1.165, 1.54) is 57.8 Å². The number of aliphatic hydroxyl groups is 2. The van der Waals surface area contributed by atoms with E-state index in [4.69, 9.17) is 0 Å². The van der Waals surface area contributed by atoms with Gasteiger partial charge in [0.15, 0.2) is 0 Å². The average Bonchev–Trinajstić information content (AvgIpc) is 2.71. The number of rotatable bonds is 1. The number of fused-ring (bicyclic) bond motifs is 7. The first-order valence-corrected chi connectivity index (χ1v) is 13.8. The second-order valence-corrected chi connectivity index (χ2v) is 15.0. The highest BCUT2D eigenvalue weighted by molar-refractivity contribution is 5.32. The zero-order valence-electron chi connectivity index (χ0n) is 22.1. The molecule has 2 nitrogen and oxygen atoms in total. The number of allylic oxidation sites excluding steroid dienone is 1. The van der Waals surface area contributed by atoms with Gasteiger partial charge in [0.05, 0.1) is 12.7 Å². The molecular formula is C30H50O2. The van der Waals surface area contributed by atoms with E-state index in [9.17, 15) is 10.2 Å². The van der Waals surface area contributed by atoms with Crippen LogP contribution in [-0.4, -0.2) is 22.9 Å². The van der Waals surface area contributed by atoms with Gasteiger partial charge in [-0.1, -0.05) is 60.1 Å². The standard InChI is InChI=1S/C30H50O2/c1-25(2)14-16-30(19-31)17-15-28(6)20(21(30)18-25)8-9-23-27(5)12-11-24(32)26(3,4)22(27)10-13-29(23,28)7/h18,20,22-24,31-32H,8-17,19H2,1-7H3/t20-,22+,23-,24+,27+,28-,29-,30-/m1/s1. The minimum absolute atomic E-state index is 0.0284. The van der Waals surface area contributed by atoms with Crippen LogP contribution < -0.4 is 0 Å². The Labute approximate surface area is 197 Å². The summed E-state index contributed by atoms with van der Waals surface area (Å²) in [7, 11) is 0. The maximum absolute atomic E-state index is 10.9. The molecule has 0 aromatic carbocycles. The molecule has 5 rings (SSSR count). The van der Waals surface area contributed by atoms with Crippen LogP contribution in [0, 0.1) is 50.2 Å². The van der Waals surface area contributed by atoms with Gasteiger partial charge in [0.1, 0.15) is 0 Å². The van der Waals surface area contributed by atoms with Crippen LogP contribution in [0.1, 0.15) is 113 Å². The molecule has 5 aliphatic rings. The summed E-state index contributed by atoms with van der Waals surface area (Å²) < 4.78 is 0. The maximum Gasteiger partial charge on any atom is 0.0594 e. The van der Waals surface area contributed by atoms with Crippen molar-refractivity contribution in [3.8, 4) is 0 Å². The fraction of sp³-hybridized carbons (Fsp3) is 0.933. The van der Waals surface area contributed by atoms with Crippen molar-refractivity contribution in [2.75, 3.05) is 6.61 Å². The average molecular weight is 443 g/mol. The van der Waals surface area contributed by atoms with Crippen LogP contribution in [0.5, 0.6) is 0 Å². The molecule has 0 amide bonds. The van der Waals surface area contributed by atoms with E-state index < -0.39 is 0 Å². The molecule has 0 bridgehead atoms. The molecule has 0 unspecified atom stereocenters. The predicted molar refractivity (Wildman–Crippen MR) is 132 cm³/mol. The molecule has 0 aromatic rings. The summed E-state index contributed by atoms with van der Waals surface area (Å²) in [5, 5.41) is 21.5. The Bertz CT molecular complexity index is 810. The smallest absolute Gasteiger partial charge is 0.0594 e. The first-order chi connectivity index (χ1) is 14.8. The summed E-state index contributed by atoms with van der Waals surface area (Å²) in [6.07, 6.45) is 14.7. The normalized spacial score (nSPS) is 53.8. The van der Waals surface area contributed by atoms with E-state index in [1.54, 1.807) is 5.57 Å². The maximum atomic E-state index is 10.9. The SMILES string of the molecule is CC1(C)C=C2[C@H]3CC[C@@H]4[C@@]5(C)CC[C@H](O)C(C)(C)[C@@H]5CC[C@@]4(C)[C@]3(C)CC[C@@]2(CO)CC1. The lowest BCUT2D eigenvalue weighted by Crippen LogP contribution is -2.66. The van der Waals surface area contributed by atoms with Crippen molar-refractivity contribution in [2.45, 2.75) is 119 Å². The van der Waals surface area contributed by atoms with E-state index >= 15 is 0 Å². The molecule has 8 atom stereocenters. The first-order valence-electron chi connectivity index (χ1n) is 13.8. The molecule has 4 saturated carbocycles. The topological polar surface area (TPSA) is 40.5 Å². The molecule has 0 saturated heterocycles. The minimum atomic E-state index is -0.147. The second-order valence-electron chi connectivity index (χ2n) is 15.0. The van der Waals surface area contributed by atoms with Gasteiger partial charge in [-0.05, 0) is 109 Å². The summed E-state index contributed by atoms with van der Waals surface area (Å²) in [5.74, 6) is 2.01. The molecule has 182 valence electrons. The van der Waals surface area contributed by atoms with Gasteiger partial charge in [0.2, 0.25) is 0 Å². The number of hydrogen-bond donors (Lipinski definition) is 2. The lowest BCUT2D eigenvalue weighted by Gasteiger charge is -2.72. The molecule has 2 N–H and O–H groups in total. The lowest BCUT2D eigenvalue weighted by molar-refractivity contribution is -0.230. The van der Waals surface area contributed by atoms with Crippen molar-refractivity contribution in [3.63, 3.8) is 0 Å². The fourth-order valence-electron chi connectivity index (χ4n) is 10.7. The van der Waals surface area contributed by atoms with E-state index in [2.05, 4.69) is 54.5 Å². The molecule has 4 fully saturated rings. The predicted octanol–water partition coefficient (Wildman–Crippen LogP) is 7.14. The largest absolute Gasteiger partial charge is 0.395 e. The van der Waals surface area contributed by atoms with Crippen molar-refractivity contribution in [2.24, 2.45) is 50.2 Å². The van der Waals surface area contributed by atoms with Crippen molar-refractivity contribution in [1.82, 2.24) is 0 Å². The molecule has 0 aliphatic heterocycles. The summed E-state index contributed by atoms with van der Waals surface area (Å²) in [6.45, 7) is 17.8. The Hall–Kier alpha value is -0.340. The van der Waals surface area contributed by atoms with Crippen LogP contribution >= 0.6 is 0 Å². The van der Waals surface area contributed by atoms with Gasteiger partial charge in [-0.15, -0.1) is 0 Å². The lowest BCUT2D eigenvalue weighted by atomic mass is 9.32. The Balaban J connectivity index is 1.57. The quantitative estimate of drug-likeness (QED) is 0.424. The van der Waals surface area contributed by atoms with Crippen LogP contribution in [0.3, 0.4) is 0 Å². The Morgan fingerprint density at radius 2 is 1.44 bits per heavy atom. The van der Waals surface area contributed by atoms with E-state index in [1.807, 2.05) is 0 Å². The monoisotopic (exact) mass is 442 g/mol. The van der Waals surface area contributed by atoms with Crippen LogP contribution in [0.2, 0.25) is 0 Å². The van der Waals surface area contributed by atoms with Crippen LogP contribution in [-0.2, 0) is 0 Å². The van der Waals surface area contributed by atoms with E-state index in [-0.39, 0.29) is 22.3 Å². The highest BCUT2D eigenvalue weighted by Crippen LogP contribution is 2.76. The van der Waals surface area contributed by atoms with Gasteiger partial charge in [0, 0.05) is 5.41 Å². The first kappa shape index (κ1) is 23.4. The molecule has 0 radical (unpaired) electrons. The third kappa shape index (κ3) is 2.78. The third-order valence-electron chi connectivity index (χ3n) is 13.1. The summed E-state index contributed by atoms with van der Waals surface area (Å²) >= 11 is 0. The molecule has 0 heterocycles. The zero-order chi connectivity index (χ0) is 23.4. The highest BCUT2D eigenvalue weighted by atomic mass is 16.3. The molecule has 0 aromatic heterocycles. The molecule has 2 heteroatoms. The van der Waals surface area contributed by atoms with Gasteiger partial charge in [-0.2, -0.15) is 0 Å². The van der Waals surface area contributed by atoms with Gasteiger partial charge in [-0.25, -0.2) is 0 Å². The number of hydrogen-bond acceptors (Lipinski definition) is 2. The van der Waals surface area contributed by atoms with Crippen LogP contribution in [0.25, 0.3) is 0 Å². The Morgan fingerprint density at radius 1 is 0.750 bits per heavy atom. The number of aliphatic hydroxyl groups excluding tert-OH is 2. The van der Waals surface area contributed by atoms with Gasteiger partial charge in [-0.3, -0.25) is 0 Å². The van der Waals surface area contributed by atoms with E-state index in [0.29, 0.717) is 34.7 Å². The Morgan fingerprint density at radius 3 is 2.12 bits per heavy atom. The van der Waals surface area contributed by atoms with Gasteiger partial charge < -0.3 is 10.2 Å². The van der Waals surface area contributed by atoms with Crippen LogP contribution in [0.15, 0.2) is 11.6 Å². The second kappa shape index (κ2) is 6.87. The van der Waals surface area contributed by atoms with Gasteiger partial charge >= 0.3 is 0 Å². The van der Waals surface area contributed by atoms with Crippen molar-refractivity contribution < 1.29 is 10.2 Å². The molecule has 0 spiro atoms. The van der Waals surface area contributed by atoms with Crippen LogP contribution in [0.4, 0.5) is 0 Å². The summed E-state index contributed by atoms with van der Waals surface area (Å²) in [5.41, 5.74) is 3.01. The van der Waals surface area contributed by atoms with Crippen molar-refractivity contribution in [1.29, 1.82) is 0 Å². The van der Waals surface area contributed by atoms with Crippen molar-refractivity contribution >= 4 is 0 Å². The highest BCUT2D eigenvalue weighted by Gasteiger charge is 2.68. The molecule has 5 aliphatic carbocycles. The van der Waals surface area contributed by atoms with E-state index in [0.717, 1.165) is 12.3 Å². The molecular weight excluding hydrogens is 392 g/mol. The zero-order valence-corrected chi connectivity index (χ0v) is 22.1. The summed E-state index contributed by atoms with van der Waals surface area (Å²) in [6, 6.07) is 0. The summed E-state index contributed by atoms with van der Waals surface area (Å²) in [4.78, 5) is 0. The fourth-order valence-corrected chi connectivity index (χ4v) is 10.7. The van der Waals surface area contributed by atoms with Gasteiger partial charge in [0.25, 0.3) is 0 Å². The Kier molecular flexibility index (Phi) is 5.02. The molecule has 32 heavy (non-hydrogen) atoms.